The molecule has 10 heteroatoms. The largest absolute Gasteiger partial charge is 0.497 e. The van der Waals surface area contributed by atoms with Crippen LogP contribution in [0.3, 0.4) is 0 Å². The molecule has 0 unspecified atom stereocenters. The van der Waals surface area contributed by atoms with E-state index in [1.807, 2.05) is 48.5 Å². The maximum absolute atomic E-state index is 12.4. The van der Waals surface area contributed by atoms with Crippen LogP contribution in [0.15, 0.2) is 59.5 Å². The van der Waals surface area contributed by atoms with E-state index in [0.717, 1.165) is 21.4 Å². The second-order valence-corrected chi connectivity index (χ2v) is 8.42. The van der Waals surface area contributed by atoms with Gasteiger partial charge in [-0.05, 0) is 35.4 Å². The summed E-state index contributed by atoms with van der Waals surface area (Å²) in [5.74, 6) is 1.47. The van der Waals surface area contributed by atoms with Crippen LogP contribution in [0.2, 0.25) is 0 Å². The van der Waals surface area contributed by atoms with Crippen molar-refractivity contribution in [2.75, 3.05) is 13.7 Å². The van der Waals surface area contributed by atoms with Gasteiger partial charge in [0.2, 0.25) is 0 Å². The first kappa shape index (κ1) is 24.1. The Labute approximate surface area is 200 Å². The van der Waals surface area contributed by atoms with Crippen molar-refractivity contribution in [3.8, 4) is 11.5 Å². The Hall–Kier alpha value is -3.02. The van der Waals surface area contributed by atoms with Crippen LogP contribution in [0.1, 0.15) is 22.9 Å². The standard InChI is InChI=1S/C24H26N2O7S/c1-31-18-4-2-3-15(10-18)13-32-17-7-5-14(6-8-17)9-16-11-26(24(30)25-22(16)34)23-21(29)20(28)19(12-27)33-23/h2-8,10-11,19-21,23,27-29H,9,12-13H2,1H3,(H,25,30,34)/t19-,20-,21-,23-/m1/s1. The minimum atomic E-state index is -1.37. The number of benzene rings is 2. The molecule has 0 aliphatic carbocycles. The van der Waals surface area contributed by atoms with E-state index in [-0.39, 0.29) is 4.64 Å². The zero-order chi connectivity index (χ0) is 24.2. The fraction of sp³-hybridized carbons (Fsp3) is 0.333. The van der Waals surface area contributed by atoms with E-state index in [0.29, 0.717) is 24.3 Å². The van der Waals surface area contributed by atoms with Gasteiger partial charge < -0.3 is 29.5 Å². The summed E-state index contributed by atoms with van der Waals surface area (Å²) < 4.78 is 18.0. The third-order valence-electron chi connectivity index (χ3n) is 5.69. The number of aromatic amines is 1. The molecule has 9 nitrogen and oxygen atoms in total. The number of rotatable bonds is 8. The van der Waals surface area contributed by atoms with Crippen molar-refractivity contribution in [3.05, 3.63) is 86.5 Å². The van der Waals surface area contributed by atoms with Crippen molar-refractivity contribution in [1.82, 2.24) is 9.55 Å². The lowest BCUT2D eigenvalue weighted by Crippen LogP contribution is -2.36. The fourth-order valence-corrected chi connectivity index (χ4v) is 4.02. The highest BCUT2D eigenvalue weighted by Gasteiger charge is 2.43. The first-order valence-electron chi connectivity index (χ1n) is 10.7. The maximum atomic E-state index is 12.4. The Bertz CT molecular complexity index is 1240. The molecule has 1 aliphatic rings. The molecule has 4 atom stereocenters. The molecule has 0 radical (unpaired) electrons. The van der Waals surface area contributed by atoms with Crippen LogP contribution < -0.4 is 15.2 Å². The van der Waals surface area contributed by atoms with Gasteiger partial charge in [-0.1, -0.05) is 36.5 Å². The number of nitrogens with one attached hydrogen (secondary N) is 1. The minimum Gasteiger partial charge on any atom is -0.497 e. The average molecular weight is 487 g/mol. The van der Waals surface area contributed by atoms with E-state index < -0.39 is 36.8 Å². The van der Waals surface area contributed by atoms with E-state index >= 15 is 0 Å². The van der Waals surface area contributed by atoms with Gasteiger partial charge in [-0.25, -0.2) is 4.79 Å². The zero-order valence-corrected chi connectivity index (χ0v) is 19.3. The molecule has 180 valence electrons. The molecule has 0 bridgehead atoms. The Morgan fingerprint density at radius 3 is 2.53 bits per heavy atom. The summed E-state index contributed by atoms with van der Waals surface area (Å²) in [5, 5.41) is 29.6. The number of H-pyrrole nitrogens is 1. The number of aliphatic hydroxyl groups excluding tert-OH is 3. The molecule has 0 spiro atoms. The summed E-state index contributed by atoms with van der Waals surface area (Å²) in [6.07, 6.45) is -2.87. The Kier molecular flexibility index (Phi) is 7.44. The predicted octanol–water partition coefficient (Wildman–Crippen LogP) is 1.70. The molecule has 4 rings (SSSR count). The third-order valence-corrected chi connectivity index (χ3v) is 6.05. The number of methoxy groups -OCH3 is 1. The monoisotopic (exact) mass is 486 g/mol. The Morgan fingerprint density at radius 2 is 1.85 bits per heavy atom. The molecule has 1 aliphatic heterocycles. The summed E-state index contributed by atoms with van der Waals surface area (Å²) in [7, 11) is 1.62. The molecular weight excluding hydrogens is 460 g/mol. The molecule has 0 saturated carbocycles. The quantitative estimate of drug-likeness (QED) is 0.355. The van der Waals surface area contributed by atoms with Gasteiger partial charge in [-0.2, -0.15) is 0 Å². The van der Waals surface area contributed by atoms with Crippen molar-refractivity contribution in [3.63, 3.8) is 0 Å². The lowest BCUT2D eigenvalue weighted by Gasteiger charge is -2.18. The first-order chi connectivity index (χ1) is 16.4. The maximum Gasteiger partial charge on any atom is 0.328 e. The number of aliphatic hydroxyl groups is 3. The molecular formula is C24H26N2O7S. The lowest BCUT2D eigenvalue weighted by atomic mass is 10.1. The minimum absolute atomic E-state index is 0.270. The van der Waals surface area contributed by atoms with Gasteiger partial charge in [-0.3, -0.25) is 9.55 Å². The van der Waals surface area contributed by atoms with Crippen LogP contribution in [0.5, 0.6) is 11.5 Å². The van der Waals surface area contributed by atoms with Crippen molar-refractivity contribution >= 4 is 12.2 Å². The van der Waals surface area contributed by atoms with Crippen molar-refractivity contribution in [1.29, 1.82) is 0 Å². The third kappa shape index (κ3) is 5.21. The van der Waals surface area contributed by atoms with Gasteiger partial charge in [0.05, 0.1) is 13.7 Å². The van der Waals surface area contributed by atoms with Crippen LogP contribution >= 0.6 is 12.2 Å². The van der Waals surface area contributed by atoms with Crippen molar-refractivity contribution in [2.45, 2.75) is 37.6 Å². The van der Waals surface area contributed by atoms with Gasteiger partial charge in [-0.15, -0.1) is 0 Å². The van der Waals surface area contributed by atoms with Gasteiger partial charge in [0.25, 0.3) is 0 Å². The first-order valence-corrected chi connectivity index (χ1v) is 11.1. The zero-order valence-electron chi connectivity index (χ0n) is 18.5. The van der Waals surface area contributed by atoms with E-state index in [1.165, 1.54) is 6.20 Å². The van der Waals surface area contributed by atoms with Crippen molar-refractivity contribution < 1.29 is 29.5 Å². The number of hydrogen-bond donors (Lipinski definition) is 4. The van der Waals surface area contributed by atoms with Crippen LogP contribution in [0, 0.1) is 4.64 Å². The molecule has 1 fully saturated rings. The summed E-state index contributed by atoms with van der Waals surface area (Å²) >= 11 is 5.32. The van der Waals surface area contributed by atoms with Gasteiger partial charge in [0, 0.05) is 18.2 Å². The fourth-order valence-electron chi connectivity index (χ4n) is 3.80. The topological polar surface area (TPSA) is 126 Å². The Balaban J connectivity index is 1.47. The predicted molar refractivity (Wildman–Crippen MR) is 125 cm³/mol. The molecule has 1 aromatic heterocycles. The van der Waals surface area contributed by atoms with Gasteiger partial charge >= 0.3 is 5.69 Å². The summed E-state index contributed by atoms with van der Waals surface area (Å²) in [6.45, 7) is -0.0808. The number of ether oxygens (including phenoxy) is 3. The van der Waals surface area contributed by atoms with E-state index in [4.69, 9.17) is 26.4 Å². The van der Waals surface area contributed by atoms with E-state index in [2.05, 4.69) is 4.98 Å². The molecule has 3 aromatic rings. The number of hydrogen-bond acceptors (Lipinski definition) is 8. The number of aromatic nitrogens is 2. The highest BCUT2D eigenvalue weighted by Crippen LogP contribution is 2.28. The van der Waals surface area contributed by atoms with Crippen LogP contribution in [-0.2, 0) is 17.8 Å². The highest BCUT2D eigenvalue weighted by atomic mass is 32.1. The molecule has 2 aromatic carbocycles. The highest BCUT2D eigenvalue weighted by molar-refractivity contribution is 7.71. The van der Waals surface area contributed by atoms with E-state index in [9.17, 15) is 20.1 Å². The van der Waals surface area contributed by atoms with Crippen LogP contribution in [0.4, 0.5) is 0 Å². The Morgan fingerprint density at radius 1 is 1.09 bits per heavy atom. The SMILES string of the molecule is COc1cccc(COc2ccc(Cc3cn([C@@H]4O[C@H](CO)[C@@H](O)[C@H]4O)c(=O)[nH]c3=S)cc2)c1. The molecule has 34 heavy (non-hydrogen) atoms. The van der Waals surface area contributed by atoms with Crippen molar-refractivity contribution in [2.24, 2.45) is 0 Å². The second kappa shape index (κ2) is 10.5. The molecule has 0 amide bonds. The average Bonchev–Trinajstić information content (AvgIpc) is 3.14. The molecule has 2 heterocycles. The number of nitrogens with zero attached hydrogens (tertiary/aromatic N) is 1. The van der Waals surface area contributed by atoms with Crippen LogP contribution in [-0.4, -0.2) is 56.9 Å². The van der Waals surface area contributed by atoms with Gasteiger partial charge in [0.15, 0.2) is 6.23 Å². The molecule has 1 saturated heterocycles. The summed E-state index contributed by atoms with van der Waals surface area (Å²) in [6, 6.07) is 15.2. The van der Waals surface area contributed by atoms with Crippen LogP contribution in [0.25, 0.3) is 0 Å². The normalized spacial score (nSPS) is 22.0. The van der Waals surface area contributed by atoms with E-state index in [1.54, 1.807) is 7.11 Å². The summed E-state index contributed by atoms with van der Waals surface area (Å²) in [5.41, 5.74) is 1.98. The summed E-state index contributed by atoms with van der Waals surface area (Å²) in [4.78, 5) is 15.0. The lowest BCUT2D eigenvalue weighted by molar-refractivity contribution is -0.0551. The van der Waals surface area contributed by atoms with Gasteiger partial charge in [0.1, 0.15) is 41.1 Å². The second-order valence-electron chi connectivity index (χ2n) is 8.01. The smallest absolute Gasteiger partial charge is 0.328 e. The molecule has 4 N–H and O–H groups in total.